The number of hydrogen-bond acceptors (Lipinski definition) is 6. The summed E-state index contributed by atoms with van der Waals surface area (Å²) in [5.41, 5.74) is 0.656. The van der Waals surface area contributed by atoms with E-state index in [1.165, 1.54) is 30.2 Å². The number of carbonyl (C=O) groups is 1. The maximum atomic E-state index is 12.8. The van der Waals surface area contributed by atoms with Gasteiger partial charge in [0.15, 0.2) is 0 Å². The first-order valence-electron chi connectivity index (χ1n) is 8.58. The van der Waals surface area contributed by atoms with Gasteiger partial charge in [0.05, 0.1) is 31.6 Å². The molecule has 0 saturated heterocycles. The molecule has 28 heavy (non-hydrogen) atoms. The third-order valence-corrected chi connectivity index (χ3v) is 5.94. The quantitative estimate of drug-likeness (QED) is 0.716. The number of fused-ring (bicyclic) bond motifs is 1. The molecule has 7 nitrogen and oxygen atoms in total. The molecule has 9 heteroatoms. The van der Waals surface area contributed by atoms with E-state index in [1.807, 2.05) is 18.2 Å². The van der Waals surface area contributed by atoms with Crippen LogP contribution < -0.4 is 15.0 Å². The number of benzene rings is 2. The highest BCUT2D eigenvalue weighted by molar-refractivity contribution is 7.86. The Morgan fingerprint density at radius 1 is 1.18 bits per heavy atom. The number of rotatable bonds is 6. The van der Waals surface area contributed by atoms with Gasteiger partial charge in [0, 0.05) is 5.02 Å². The summed E-state index contributed by atoms with van der Waals surface area (Å²) >= 11 is 5.91. The van der Waals surface area contributed by atoms with Crippen molar-refractivity contribution in [2.75, 3.05) is 30.5 Å². The molecule has 1 aliphatic heterocycles. The Hall–Kier alpha value is -2.29. The van der Waals surface area contributed by atoms with Gasteiger partial charge < -0.3 is 15.0 Å². The van der Waals surface area contributed by atoms with Crippen molar-refractivity contribution in [3.05, 3.63) is 47.5 Å². The molecule has 2 aromatic carbocycles. The molecule has 150 valence electrons. The first kappa shape index (κ1) is 20.4. The van der Waals surface area contributed by atoms with Crippen LogP contribution in [-0.2, 0) is 19.1 Å². The lowest BCUT2D eigenvalue weighted by Crippen LogP contribution is -2.54. The van der Waals surface area contributed by atoms with Gasteiger partial charge in [-0.25, -0.2) is 0 Å². The highest BCUT2D eigenvalue weighted by Crippen LogP contribution is 2.35. The lowest BCUT2D eigenvalue weighted by molar-refractivity contribution is -0.122. The molecule has 0 radical (unpaired) electrons. The third kappa shape index (κ3) is 3.94. The monoisotopic (exact) mass is 424 g/mol. The minimum atomic E-state index is -4.11. The fourth-order valence-electron chi connectivity index (χ4n) is 3.02. The molecule has 0 spiro atoms. The SMILES string of the molecule is COc1ccc(Cl)cc1S(=O)(=O)OCCN1C(=O)C(C)(C)Nc2ccccc21. The van der Waals surface area contributed by atoms with Crippen LogP contribution in [0, 0.1) is 0 Å². The van der Waals surface area contributed by atoms with Crippen LogP contribution in [-0.4, -0.2) is 40.1 Å². The van der Waals surface area contributed by atoms with Crippen LogP contribution >= 0.6 is 11.6 Å². The molecule has 0 unspecified atom stereocenters. The van der Waals surface area contributed by atoms with E-state index < -0.39 is 15.7 Å². The number of para-hydroxylation sites is 2. The van der Waals surface area contributed by atoms with Gasteiger partial charge in [0.25, 0.3) is 5.91 Å². The van der Waals surface area contributed by atoms with E-state index in [9.17, 15) is 13.2 Å². The van der Waals surface area contributed by atoms with Crippen LogP contribution in [0.25, 0.3) is 0 Å². The van der Waals surface area contributed by atoms with E-state index in [-0.39, 0.29) is 34.7 Å². The number of amides is 1. The highest BCUT2D eigenvalue weighted by Gasteiger charge is 2.38. The van der Waals surface area contributed by atoms with Crippen LogP contribution in [0.5, 0.6) is 5.75 Å². The van der Waals surface area contributed by atoms with Crippen molar-refractivity contribution < 1.29 is 22.1 Å². The van der Waals surface area contributed by atoms with Crippen LogP contribution in [0.15, 0.2) is 47.4 Å². The smallest absolute Gasteiger partial charge is 0.300 e. The number of hydrogen-bond donors (Lipinski definition) is 1. The molecule has 1 amide bonds. The zero-order valence-electron chi connectivity index (χ0n) is 15.7. The Balaban J connectivity index is 1.79. The Morgan fingerprint density at radius 2 is 1.89 bits per heavy atom. The summed E-state index contributed by atoms with van der Waals surface area (Å²) in [6.45, 7) is 3.40. The average molecular weight is 425 g/mol. The topological polar surface area (TPSA) is 84.9 Å². The van der Waals surface area contributed by atoms with Crippen LogP contribution in [0.1, 0.15) is 13.8 Å². The Morgan fingerprint density at radius 3 is 2.61 bits per heavy atom. The minimum absolute atomic E-state index is 0.0725. The lowest BCUT2D eigenvalue weighted by Gasteiger charge is -2.39. The first-order valence-corrected chi connectivity index (χ1v) is 10.4. The van der Waals surface area contributed by atoms with Crippen molar-refractivity contribution in [3.63, 3.8) is 0 Å². The van der Waals surface area contributed by atoms with Gasteiger partial charge in [-0.2, -0.15) is 8.42 Å². The molecule has 0 aromatic heterocycles. The van der Waals surface area contributed by atoms with Crippen LogP contribution in [0.2, 0.25) is 5.02 Å². The van der Waals surface area contributed by atoms with Crippen molar-refractivity contribution >= 4 is 39.0 Å². The van der Waals surface area contributed by atoms with Crippen molar-refractivity contribution in [2.24, 2.45) is 0 Å². The van der Waals surface area contributed by atoms with Crippen molar-refractivity contribution in [1.82, 2.24) is 0 Å². The number of halogens is 1. The third-order valence-electron chi connectivity index (χ3n) is 4.37. The molecule has 0 fully saturated rings. The molecule has 1 N–H and O–H groups in total. The average Bonchev–Trinajstić information content (AvgIpc) is 2.64. The predicted molar refractivity (Wildman–Crippen MR) is 108 cm³/mol. The fraction of sp³-hybridized carbons (Fsp3) is 0.316. The summed E-state index contributed by atoms with van der Waals surface area (Å²) in [6, 6.07) is 11.6. The van der Waals surface area contributed by atoms with E-state index >= 15 is 0 Å². The van der Waals surface area contributed by atoms with E-state index in [4.69, 9.17) is 20.5 Å². The number of carbonyl (C=O) groups excluding carboxylic acids is 1. The van der Waals surface area contributed by atoms with Gasteiger partial charge in [-0.15, -0.1) is 0 Å². The Bertz CT molecular complexity index is 1010. The summed E-state index contributed by atoms with van der Waals surface area (Å²) in [5, 5.41) is 3.43. The molecule has 0 bridgehead atoms. The number of anilines is 2. The second kappa shape index (κ2) is 7.62. The van der Waals surface area contributed by atoms with Crippen LogP contribution in [0.4, 0.5) is 11.4 Å². The zero-order chi connectivity index (χ0) is 20.5. The number of ether oxygens (including phenoxy) is 1. The molecule has 2 aromatic rings. The van der Waals surface area contributed by atoms with Gasteiger partial charge in [0.2, 0.25) is 0 Å². The summed E-state index contributed by atoms with van der Waals surface area (Å²) in [5.74, 6) is -0.0401. The van der Waals surface area contributed by atoms with Gasteiger partial charge in [-0.3, -0.25) is 8.98 Å². The molecule has 1 aliphatic rings. The predicted octanol–water partition coefficient (Wildman–Crippen LogP) is 3.29. The summed E-state index contributed by atoms with van der Waals surface area (Å²) in [7, 11) is -2.75. The minimum Gasteiger partial charge on any atom is -0.495 e. The molecule has 3 rings (SSSR count). The van der Waals surface area contributed by atoms with Gasteiger partial charge in [-0.05, 0) is 44.2 Å². The fourth-order valence-corrected chi connectivity index (χ4v) is 4.35. The second-order valence-corrected chi connectivity index (χ2v) is 8.82. The zero-order valence-corrected chi connectivity index (χ0v) is 17.3. The van der Waals surface area contributed by atoms with E-state index in [1.54, 1.807) is 19.9 Å². The maximum absolute atomic E-state index is 12.8. The molecule has 1 heterocycles. The van der Waals surface area contributed by atoms with Gasteiger partial charge in [0.1, 0.15) is 16.2 Å². The second-order valence-electron chi connectivity index (χ2n) is 6.80. The van der Waals surface area contributed by atoms with Gasteiger partial charge in [-0.1, -0.05) is 23.7 Å². The maximum Gasteiger partial charge on any atom is 0.300 e. The van der Waals surface area contributed by atoms with E-state index in [0.29, 0.717) is 5.69 Å². The number of nitrogens with zero attached hydrogens (tertiary/aromatic N) is 1. The van der Waals surface area contributed by atoms with E-state index in [0.717, 1.165) is 5.69 Å². The Kier molecular flexibility index (Phi) is 5.56. The Labute approximate surface area is 169 Å². The number of methoxy groups -OCH3 is 1. The summed E-state index contributed by atoms with van der Waals surface area (Å²) in [4.78, 5) is 14.2. The van der Waals surface area contributed by atoms with Crippen LogP contribution in [0.3, 0.4) is 0 Å². The van der Waals surface area contributed by atoms with E-state index in [2.05, 4.69) is 5.32 Å². The molecule has 0 saturated carbocycles. The summed E-state index contributed by atoms with van der Waals surface area (Å²) < 4.78 is 35.4. The van der Waals surface area contributed by atoms with Crippen molar-refractivity contribution in [1.29, 1.82) is 0 Å². The molecular formula is C19H21ClN2O5S. The molecular weight excluding hydrogens is 404 g/mol. The molecule has 0 aliphatic carbocycles. The largest absolute Gasteiger partial charge is 0.495 e. The lowest BCUT2D eigenvalue weighted by atomic mass is 9.98. The molecule has 0 atom stereocenters. The first-order chi connectivity index (χ1) is 13.2. The normalized spacial score (nSPS) is 15.7. The standard InChI is InChI=1S/C19H21ClN2O5S/c1-19(2)18(23)22(15-7-5-4-6-14(15)21-19)10-11-27-28(24,25)17-12-13(20)8-9-16(17)26-3/h4-9,12,21H,10-11H2,1-3H3. The summed E-state index contributed by atoms with van der Waals surface area (Å²) in [6.07, 6.45) is 0. The van der Waals surface area contributed by atoms with Gasteiger partial charge >= 0.3 is 10.1 Å². The van der Waals surface area contributed by atoms with Crippen molar-refractivity contribution in [2.45, 2.75) is 24.3 Å². The van der Waals surface area contributed by atoms with Crippen molar-refractivity contribution in [3.8, 4) is 5.75 Å². The number of nitrogens with one attached hydrogen (secondary N) is 1. The highest BCUT2D eigenvalue weighted by atomic mass is 35.5.